The van der Waals surface area contributed by atoms with Crippen molar-refractivity contribution in [3.05, 3.63) is 5.21 Å². The Morgan fingerprint density at radius 3 is 2.65 bits per heavy atom. The number of likely N-dealkylation sites (tertiary alicyclic amines) is 1. The second kappa shape index (κ2) is 6.50. The number of hydrogen-bond acceptors (Lipinski definition) is 1. The molecule has 2 heterocycles. The molecule has 0 saturated carbocycles. The Morgan fingerprint density at radius 1 is 1.06 bits per heavy atom. The fourth-order valence-electron chi connectivity index (χ4n) is 3.64. The number of quaternary nitrogens is 1. The molecule has 0 aromatic rings. The van der Waals surface area contributed by atoms with Crippen molar-refractivity contribution in [3.8, 4) is 0 Å². The molecule has 2 nitrogen and oxygen atoms in total. The zero-order valence-corrected chi connectivity index (χ0v) is 12.3. The monoisotopic (exact) mass is 257 g/mol. The Balaban J connectivity index is 2.01. The lowest BCUT2D eigenvalue weighted by molar-refractivity contribution is -0.903. The quantitative estimate of drug-likeness (QED) is 0.412. The normalized spacial score (nSPS) is 42.0. The minimum absolute atomic E-state index is 0.189. The van der Waals surface area contributed by atoms with Crippen molar-refractivity contribution in [3.63, 3.8) is 0 Å². The van der Waals surface area contributed by atoms with Crippen LogP contribution in [0, 0.1) is 5.21 Å². The van der Waals surface area contributed by atoms with E-state index in [1.54, 1.807) is 0 Å². The van der Waals surface area contributed by atoms with E-state index in [0.717, 1.165) is 21.5 Å². The van der Waals surface area contributed by atoms with Gasteiger partial charge in [0, 0.05) is 19.3 Å². The maximum atomic E-state index is 13.1. The van der Waals surface area contributed by atoms with Gasteiger partial charge in [0.2, 0.25) is 0 Å². The summed E-state index contributed by atoms with van der Waals surface area (Å²) in [5.41, 5.74) is 0. The minimum atomic E-state index is 0.189. The number of rotatable bonds is 2. The van der Waals surface area contributed by atoms with Crippen molar-refractivity contribution >= 4 is 8.58 Å². The molecule has 2 aliphatic heterocycles. The van der Waals surface area contributed by atoms with Crippen LogP contribution in [0.1, 0.15) is 64.7 Å². The van der Waals surface area contributed by atoms with Crippen LogP contribution in [0.15, 0.2) is 0 Å². The molecule has 0 aliphatic carbocycles. The van der Waals surface area contributed by atoms with Gasteiger partial charge in [0.15, 0.2) is 0 Å². The smallest absolute Gasteiger partial charge is 0.104 e. The average molecular weight is 257 g/mol. The zero-order valence-electron chi connectivity index (χ0n) is 11.3. The average Bonchev–Trinajstić information content (AvgIpc) is 2.76. The third-order valence-corrected chi connectivity index (χ3v) is 6.54. The summed E-state index contributed by atoms with van der Waals surface area (Å²) in [4.78, 5) is 0. The molecule has 2 saturated heterocycles. The first-order chi connectivity index (χ1) is 8.27. The van der Waals surface area contributed by atoms with Crippen LogP contribution in [0.2, 0.25) is 0 Å². The number of nitrogens with zero attached hydrogens (tertiary/aromatic N) is 1. The highest BCUT2D eigenvalue weighted by molar-refractivity contribution is 7.38. The van der Waals surface area contributed by atoms with Crippen molar-refractivity contribution in [2.24, 2.45) is 0 Å². The largest absolute Gasteiger partial charge is 0.632 e. The van der Waals surface area contributed by atoms with Crippen LogP contribution in [0.25, 0.3) is 0 Å². The van der Waals surface area contributed by atoms with E-state index in [4.69, 9.17) is 0 Å². The molecule has 4 unspecified atom stereocenters. The van der Waals surface area contributed by atoms with E-state index in [-0.39, 0.29) is 4.65 Å². The van der Waals surface area contributed by atoms with Crippen molar-refractivity contribution in [1.29, 1.82) is 0 Å². The van der Waals surface area contributed by atoms with Gasteiger partial charge in [-0.05, 0) is 25.4 Å². The molecule has 4 atom stereocenters. The molecule has 2 aliphatic rings. The van der Waals surface area contributed by atoms with Crippen LogP contribution in [0.3, 0.4) is 0 Å². The zero-order chi connectivity index (χ0) is 12.1. The molecule has 100 valence electrons. The standard InChI is InChI=1S/C14H28NOP/c1-2-13-9-8-11-15(13,16)14-10-6-4-3-5-7-12-17-14/h13-14,17H,2-12H2,1H3. The molecule has 0 radical (unpaired) electrons. The van der Waals surface area contributed by atoms with Crippen LogP contribution in [0.4, 0.5) is 0 Å². The molecule has 3 heteroatoms. The van der Waals surface area contributed by atoms with Crippen LogP contribution in [-0.4, -0.2) is 29.2 Å². The first kappa shape index (κ1) is 13.8. The molecule has 2 rings (SSSR count). The van der Waals surface area contributed by atoms with Gasteiger partial charge in [-0.15, -0.1) is 0 Å². The first-order valence-corrected chi connectivity index (χ1v) is 8.87. The molecule has 0 aromatic carbocycles. The lowest BCUT2D eigenvalue weighted by Crippen LogP contribution is -2.51. The van der Waals surface area contributed by atoms with E-state index in [1.165, 1.54) is 57.5 Å². The van der Waals surface area contributed by atoms with Gasteiger partial charge in [-0.2, -0.15) is 0 Å². The summed E-state index contributed by atoms with van der Waals surface area (Å²) >= 11 is 0. The second-order valence-corrected chi connectivity index (χ2v) is 7.38. The molecule has 0 amide bonds. The molecule has 0 N–H and O–H groups in total. The van der Waals surface area contributed by atoms with E-state index >= 15 is 0 Å². The summed E-state index contributed by atoms with van der Waals surface area (Å²) < 4.78 is 0.189. The Morgan fingerprint density at radius 2 is 1.82 bits per heavy atom. The summed E-state index contributed by atoms with van der Waals surface area (Å²) in [6.07, 6.45) is 12.8. The topological polar surface area (TPSA) is 23.1 Å². The summed E-state index contributed by atoms with van der Waals surface area (Å²) in [5, 5.41) is 13.1. The minimum Gasteiger partial charge on any atom is -0.632 e. The van der Waals surface area contributed by atoms with Gasteiger partial charge < -0.3 is 9.85 Å². The van der Waals surface area contributed by atoms with Crippen molar-refractivity contribution in [2.75, 3.05) is 12.7 Å². The second-order valence-electron chi connectivity index (χ2n) is 5.81. The summed E-state index contributed by atoms with van der Waals surface area (Å²) in [7, 11) is 0.931. The number of hydrogen-bond donors (Lipinski definition) is 0. The van der Waals surface area contributed by atoms with Crippen molar-refractivity contribution in [2.45, 2.75) is 76.5 Å². The Kier molecular flexibility index (Phi) is 5.26. The van der Waals surface area contributed by atoms with Crippen molar-refractivity contribution < 1.29 is 4.65 Å². The molecular weight excluding hydrogens is 229 g/mol. The third kappa shape index (κ3) is 3.22. The predicted octanol–water partition coefficient (Wildman–Crippen LogP) is 4.23. The molecule has 17 heavy (non-hydrogen) atoms. The van der Waals surface area contributed by atoms with Gasteiger partial charge >= 0.3 is 0 Å². The lowest BCUT2D eigenvalue weighted by atomic mass is 10.1. The number of hydroxylamine groups is 3. The molecular formula is C14H28NOP. The van der Waals surface area contributed by atoms with E-state index in [9.17, 15) is 5.21 Å². The third-order valence-electron chi connectivity index (χ3n) is 4.70. The molecule has 0 aromatic heterocycles. The highest BCUT2D eigenvalue weighted by Crippen LogP contribution is 2.41. The predicted molar refractivity (Wildman–Crippen MR) is 76.5 cm³/mol. The van der Waals surface area contributed by atoms with Crippen LogP contribution < -0.4 is 0 Å². The Bertz CT molecular complexity index is 226. The van der Waals surface area contributed by atoms with Gasteiger partial charge in [-0.25, -0.2) is 0 Å². The Labute approximate surface area is 108 Å². The van der Waals surface area contributed by atoms with E-state index in [2.05, 4.69) is 6.92 Å². The van der Waals surface area contributed by atoms with Crippen LogP contribution >= 0.6 is 8.58 Å². The van der Waals surface area contributed by atoms with Gasteiger partial charge in [0.25, 0.3) is 0 Å². The van der Waals surface area contributed by atoms with Gasteiger partial charge in [-0.1, -0.05) is 34.8 Å². The highest BCUT2D eigenvalue weighted by atomic mass is 31.1. The Hall–Kier alpha value is 0.350. The van der Waals surface area contributed by atoms with Crippen molar-refractivity contribution in [1.82, 2.24) is 0 Å². The molecule has 0 spiro atoms. The molecule has 0 bridgehead atoms. The maximum Gasteiger partial charge on any atom is 0.104 e. The van der Waals surface area contributed by atoms with Gasteiger partial charge in [0.05, 0.1) is 12.6 Å². The first-order valence-electron chi connectivity index (χ1n) is 7.59. The SMILES string of the molecule is CCC1CCC[N+]1([O-])C1CCCCCCCP1. The summed E-state index contributed by atoms with van der Waals surface area (Å²) in [6.45, 7) is 3.12. The summed E-state index contributed by atoms with van der Waals surface area (Å²) in [5.74, 6) is 0.459. The molecule has 2 fully saturated rings. The lowest BCUT2D eigenvalue weighted by Gasteiger charge is -2.50. The fraction of sp³-hybridized carbons (Fsp3) is 1.00. The van der Waals surface area contributed by atoms with E-state index in [0.29, 0.717) is 11.8 Å². The highest BCUT2D eigenvalue weighted by Gasteiger charge is 2.39. The van der Waals surface area contributed by atoms with Gasteiger partial charge in [0.1, 0.15) is 5.78 Å². The van der Waals surface area contributed by atoms with Crippen LogP contribution in [0.5, 0.6) is 0 Å². The van der Waals surface area contributed by atoms with E-state index in [1.807, 2.05) is 0 Å². The maximum absolute atomic E-state index is 13.1. The fourth-order valence-corrected chi connectivity index (χ4v) is 5.48. The van der Waals surface area contributed by atoms with Crippen LogP contribution in [-0.2, 0) is 0 Å². The van der Waals surface area contributed by atoms with Gasteiger partial charge in [-0.3, -0.25) is 0 Å². The summed E-state index contributed by atoms with van der Waals surface area (Å²) in [6, 6.07) is 0.424. The van der Waals surface area contributed by atoms with E-state index < -0.39 is 0 Å².